The van der Waals surface area contributed by atoms with Gasteiger partial charge in [-0.2, -0.15) is 0 Å². The largest absolute Gasteiger partial charge is 0.444 e. The summed E-state index contributed by atoms with van der Waals surface area (Å²) in [7, 11) is 0. The van der Waals surface area contributed by atoms with Crippen LogP contribution < -0.4 is 16.4 Å². The highest BCUT2D eigenvalue weighted by Gasteiger charge is 2.36. The van der Waals surface area contributed by atoms with Gasteiger partial charge < -0.3 is 30.7 Å². The molecule has 194 valence electrons. The Labute approximate surface area is 212 Å². The number of amides is 3. The number of benzene rings is 2. The molecule has 0 aromatic heterocycles. The normalized spacial score (nSPS) is 14.1. The highest BCUT2D eigenvalue weighted by atomic mass is 16.6. The lowest BCUT2D eigenvalue weighted by Gasteiger charge is -2.30. The molecule has 0 radical (unpaired) electrons. The van der Waals surface area contributed by atoms with Crippen LogP contribution in [0.3, 0.4) is 0 Å². The van der Waals surface area contributed by atoms with Gasteiger partial charge in [0, 0.05) is 18.8 Å². The van der Waals surface area contributed by atoms with Crippen LogP contribution in [0.15, 0.2) is 48.5 Å². The molecule has 2 aromatic carbocycles. The summed E-state index contributed by atoms with van der Waals surface area (Å²) < 4.78 is 11.1. The molecule has 0 aliphatic carbocycles. The molecule has 2 aromatic rings. The molecule has 1 atom stereocenters. The number of nitrogens with one attached hydrogen (secondary N) is 2. The highest BCUT2D eigenvalue weighted by Crippen LogP contribution is 2.25. The average molecular weight is 497 g/mol. The summed E-state index contributed by atoms with van der Waals surface area (Å²) in [6.07, 6.45) is -0.724. The number of fused-ring (bicyclic) bond motifs is 1. The lowest BCUT2D eigenvalue weighted by molar-refractivity contribution is -0.140. The molecule has 0 spiro atoms. The van der Waals surface area contributed by atoms with Gasteiger partial charge >= 0.3 is 6.09 Å². The van der Waals surface area contributed by atoms with Gasteiger partial charge in [-0.1, -0.05) is 36.4 Å². The van der Waals surface area contributed by atoms with Crippen molar-refractivity contribution in [1.82, 2.24) is 15.5 Å². The van der Waals surface area contributed by atoms with E-state index in [4.69, 9.17) is 15.2 Å². The molecule has 1 heterocycles. The summed E-state index contributed by atoms with van der Waals surface area (Å²) in [6.45, 7) is 9.37. The molecule has 0 fully saturated rings. The van der Waals surface area contributed by atoms with Crippen LogP contribution in [-0.4, -0.2) is 46.6 Å². The molecule has 1 unspecified atom stereocenters. The second-order valence-corrected chi connectivity index (χ2v) is 10.5. The SMILES string of the molecule is CC(C)(C)OC(=O)NC(C)(C)C(=O)NC(COCc1ccccc1)C(=O)N1Cc2ccc(N)cc2C1. The number of alkyl carbamates (subject to hydrolysis) is 1. The van der Waals surface area contributed by atoms with Gasteiger partial charge in [0.25, 0.3) is 0 Å². The van der Waals surface area contributed by atoms with Crippen molar-refractivity contribution in [3.8, 4) is 0 Å². The molecule has 36 heavy (non-hydrogen) atoms. The van der Waals surface area contributed by atoms with Crippen molar-refractivity contribution in [1.29, 1.82) is 0 Å². The summed E-state index contributed by atoms with van der Waals surface area (Å²) in [5, 5.41) is 5.35. The van der Waals surface area contributed by atoms with E-state index in [0.717, 1.165) is 16.7 Å². The third-order valence-corrected chi connectivity index (χ3v) is 5.64. The molecular weight excluding hydrogens is 460 g/mol. The Kier molecular flexibility index (Phi) is 8.24. The van der Waals surface area contributed by atoms with Crippen molar-refractivity contribution >= 4 is 23.6 Å². The fraction of sp³-hybridized carbons (Fsp3) is 0.444. The first kappa shape index (κ1) is 27.0. The van der Waals surface area contributed by atoms with Crippen molar-refractivity contribution in [3.05, 3.63) is 65.2 Å². The lowest BCUT2D eigenvalue weighted by Crippen LogP contribution is -2.60. The van der Waals surface area contributed by atoms with Gasteiger partial charge in [-0.15, -0.1) is 0 Å². The van der Waals surface area contributed by atoms with E-state index in [1.807, 2.05) is 42.5 Å². The number of anilines is 1. The molecule has 4 N–H and O–H groups in total. The van der Waals surface area contributed by atoms with Crippen molar-refractivity contribution in [3.63, 3.8) is 0 Å². The van der Waals surface area contributed by atoms with Gasteiger partial charge in [-0.3, -0.25) is 9.59 Å². The Morgan fingerprint density at radius 2 is 1.67 bits per heavy atom. The first-order valence-electron chi connectivity index (χ1n) is 11.9. The molecule has 3 amide bonds. The lowest BCUT2D eigenvalue weighted by atomic mass is 10.0. The zero-order valence-electron chi connectivity index (χ0n) is 21.6. The summed E-state index contributed by atoms with van der Waals surface area (Å²) >= 11 is 0. The predicted molar refractivity (Wildman–Crippen MR) is 137 cm³/mol. The zero-order valence-corrected chi connectivity index (χ0v) is 21.6. The van der Waals surface area contributed by atoms with Crippen molar-refractivity contribution in [2.24, 2.45) is 0 Å². The Bertz CT molecular complexity index is 1100. The molecule has 3 rings (SSSR count). The fourth-order valence-corrected chi connectivity index (χ4v) is 3.79. The molecule has 9 nitrogen and oxygen atoms in total. The molecule has 0 bridgehead atoms. The van der Waals surface area contributed by atoms with Gasteiger partial charge in [-0.05, 0) is 63.4 Å². The Morgan fingerprint density at radius 3 is 2.33 bits per heavy atom. The van der Waals surface area contributed by atoms with E-state index in [-0.39, 0.29) is 19.1 Å². The number of nitrogens with two attached hydrogens (primary N) is 1. The van der Waals surface area contributed by atoms with Gasteiger partial charge in [-0.25, -0.2) is 4.79 Å². The van der Waals surface area contributed by atoms with Crippen LogP contribution in [0, 0.1) is 0 Å². The van der Waals surface area contributed by atoms with Crippen molar-refractivity contribution in [2.45, 2.75) is 71.5 Å². The Hall–Kier alpha value is -3.59. The number of carbonyl (C=O) groups is 3. The van der Waals surface area contributed by atoms with Crippen LogP contribution >= 0.6 is 0 Å². The van der Waals surface area contributed by atoms with Crippen LogP contribution in [0.5, 0.6) is 0 Å². The maximum atomic E-state index is 13.5. The van der Waals surface area contributed by atoms with E-state index in [2.05, 4.69) is 10.6 Å². The molecule has 0 saturated carbocycles. The first-order chi connectivity index (χ1) is 16.8. The van der Waals surface area contributed by atoms with E-state index < -0.39 is 29.2 Å². The van der Waals surface area contributed by atoms with Gasteiger partial charge in [0.2, 0.25) is 11.8 Å². The van der Waals surface area contributed by atoms with Gasteiger partial charge in [0.15, 0.2) is 0 Å². The van der Waals surface area contributed by atoms with E-state index in [9.17, 15) is 14.4 Å². The Balaban J connectivity index is 1.70. The Morgan fingerprint density at radius 1 is 1.00 bits per heavy atom. The van der Waals surface area contributed by atoms with Crippen LogP contribution in [0.25, 0.3) is 0 Å². The maximum Gasteiger partial charge on any atom is 0.408 e. The van der Waals surface area contributed by atoms with E-state index in [0.29, 0.717) is 18.8 Å². The average Bonchev–Trinajstić information content (AvgIpc) is 3.20. The van der Waals surface area contributed by atoms with Crippen LogP contribution in [-0.2, 0) is 38.8 Å². The minimum Gasteiger partial charge on any atom is -0.444 e. The second kappa shape index (κ2) is 11.0. The van der Waals surface area contributed by atoms with Crippen molar-refractivity contribution in [2.75, 3.05) is 12.3 Å². The van der Waals surface area contributed by atoms with E-state index in [1.54, 1.807) is 45.6 Å². The molecule has 1 aliphatic rings. The van der Waals surface area contributed by atoms with Crippen LogP contribution in [0.2, 0.25) is 0 Å². The third-order valence-electron chi connectivity index (χ3n) is 5.64. The summed E-state index contributed by atoms with van der Waals surface area (Å²) in [5.74, 6) is -0.810. The van der Waals surface area contributed by atoms with Gasteiger partial charge in [0.1, 0.15) is 17.2 Å². The predicted octanol–water partition coefficient (Wildman–Crippen LogP) is 3.12. The smallest absolute Gasteiger partial charge is 0.408 e. The third kappa shape index (κ3) is 7.45. The number of rotatable bonds is 8. The topological polar surface area (TPSA) is 123 Å². The monoisotopic (exact) mass is 496 g/mol. The van der Waals surface area contributed by atoms with E-state index in [1.165, 1.54) is 0 Å². The molecular formula is C27H36N4O5. The van der Waals surface area contributed by atoms with Crippen molar-refractivity contribution < 1.29 is 23.9 Å². The second-order valence-electron chi connectivity index (χ2n) is 10.5. The van der Waals surface area contributed by atoms with Gasteiger partial charge in [0.05, 0.1) is 13.2 Å². The minimum atomic E-state index is -1.33. The molecule has 1 aliphatic heterocycles. The summed E-state index contributed by atoms with van der Waals surface area (Å²) in [5.41, 5.74) is 7.43. The fourth-order valence-electron chi connectivity index (χ4n) is 3.79. The maximum absolute atomic E-state index is 13.5. The number of hydrogen-bond donors (Lipinski definition) is 3. The minimum absolute atomic E-state index is 0.0308. The summed E-state index contributed by atoms with van der Waals surface area (Å²) in [6, 6.07) is 14.2. The number of hydrogen-bond acceptors (Lipinski definition) is 6. The van der Waals surface area contributed by atoms with Crippen LogP contribution in [0.1, 0.15) is 51.3 Å². The number of ether oxygens (including phenoxy) is 2. The first-order valence-corrected chi connectivity index (χ1v) is 11.9. The van der Waals surface area contributed by atoms with E-state index >= 15 is 0 Å². The quantitative estimate of drug-likeness (QED) is 0.483. The number of carbonyl (C=O) groups excluding carboxylic acids is 3. The van der Waals surface area contributed by atoms with Crippen LogP contribution in [0.4, 0.5) is 10.5 Å². The molecule has 0 saturated heterocycles. The zero-order chi connectivity index (χ0) is 26.5. The highest BCUT2D eigenvalue weighted by molar-refractivity contribution is 5.93. The number of nitrogen functional groups attached to an aromatic ring is 1. The summed E-state index contributed by atoms with van der Waals surface area (Å²) in [4.78, 5) is 40.6. The standard InChI is InChI=1S/C27H36N4O5/c1-26(2,3)36-25(34)30-27(4,5)24(33)29-22(17-35-16-18-9-7-6-8-10-18)23(32)31-14-19-11-12-21(28)13-20(19)15-31/h6-13,22H,14-17,28H2,1-5H3,(H,29,33)(H,30,34). The number of nitrogens with zero attached hydrogens (tertiary/aromatic N) is 1. The molecule has 9 heteroatoms.